The summed E-state index contributed by atoms with van der Waals surface area (Å²) in [7, 11) is 0. The molecule has 0 aromatic heterocycles. The molecule has 0 bridgehead atoms. The van der Waals surface area contributed by atoms with Crippen molar-refractivity contribution in [1.29, 1.82) is 0 Å². The molecular weight excluding hydrogens is 276 g/mol. The highest BCUT2D eigenvalue weighted by Crippen LogP contribution is 2.28. The molecule has 0 radical (unpaired) electrons. The van der Waals surface area contributed by atoms with Crippen LogP contribution in [0.4, 0.5) is 0 Å². The molecule has 2 rings (SSSR count). The van der Waals surface area contributed by atoms with Gasteiger partial charge in [-0.1, -0.05) is 29.8 Å². The number of hydrogen-bond donors (Lipinski definition) is 1. The van der Waals surface area contributed by atoms with Gasteiger partial charge in [-0.25, -0.2) is 4.79 Å². The van der Waals surface area contributed by atoms with E-state index in [9.17, 15) is 4.79 Å². The minimum Gasteiger partial charge on any atom is -0.487 e. The second-order valence-electron chi connectivity index (χ2n) is 4.62. The fraction of sp³-hybridized carbons (Fsp3) is 0.188. The second-order valence-corrected chi connectivity index (χ2v) is 5.03. The van der Waals surface area contributed by atoms with Crippen LogP contribution < -0.4 is 4.74 Å². The van der Waals surface area contributed by atoms with Crippen LogP contribution in [0, 0.1) is 13.8 Å². The van der Waals surface area contributed by atoms with E-state index in [2.05, 4.69) is 0 Å². The summed E-state index contributed by atoms with van der Waals surface area (Å²) >= 11 is 6.13. The molecule has 0 aliphatic carbocycles. The zero-order valence-electron chi connectivity index (χ0n) is 11.3. The molecule has 0 saturated heterocycles. The Kier molecular flexibility index (Phi) is 4.30. The van der Waals surface area contributed by atoms with Crippen LogP contribution in [-0.4, -0.2) is 11.1 Å². The summed E-state index contributed by atoms with van der Waals surface area (Å²) < 4.78 is 5.65. The van der Waals surface area contributed by atoms with Gasteiger partial charge < -0.3 is 9.84 Å². The summed E-state index contributed by atoms with van der Waals surface area (Å²) in [5.74, 6) is -0.398. The highest BCUT2D eigenvalue weighted by atomic mass is 35.5. The molecule has 0 saturated carbocycles. The Morgan fingerprint density at radius 3 is 2.55 bits per heavy atom. The molecule has 0 spiro atoms. The standard InChI is InChI=1S/C16H15ClO3/c1-10-7-14(17)15(8-11(10)2)20-9-12-5-3-4-6-13(12)16(18)19/h3-8H,9H2,1-2H3,(H,18,19). The fourth-order valence-corrected chi connectivity index (χ4v) is 2.15. The first-order valence-corrected chi connectivity index (χ1v) is 6.57. The van der Waals surface area contributed by atoms with Crippen molar-refractivity contribution < 1.29 is 14.6 Å². The van der Waals surface area contributed by atoms with Crippen molar-refractivity contribution >= 4 is 17.6 Å². The first-order valence-electron chi connectivity index (χ1n) is 6.20. The van der Waals surface area contributed by atoms with E-state index in [1.807, 2.05) is 26.0 Å². The number of carboxylic acid groups (broad SMARTS) is 1. The van der Waals surface area contributed by atoms with Crippen molar-refractivity contribution in [3.05, 3.63) is 63.7 Å². The topological polar surface area (TPSA) is 46.5 Å². The quantitative estimate of drug-likeness (QED) is 0.916. The number of aryl methyl sites for hydroxylation is 2. The second kappa shape index (κ2) is 5.97. The molecule has 4 heteroatoms. The van der Waals surface area contributed by atoms with Gasteiger partial charge in [0.2, 0.25) is 0 Å². The predicted octanol–water partition coefficient (Wildman–Crippen LogP) is 4.23. The molecule has 0 aliphatic heterocycles. The molecule has 1 N–H and O–H groups in total. The van der Waals surface area contributed by atoms with E-state index in [1.165, 1.54) is 0 Å². The summed E-state index contributed by atoms with van der Waals surface area (Å²) in [4.78, 5) is 11.1. The van der Waals surface area contributed by atoms with Crippen molar-refractivity contribution in [2.75, 3.05) is 0 Å². The Bertz CT molecular complexity index is 650. The van der Waals surface area contributed by atoms with Gasteiger partial charge in [0.15, 0.2) is 0 Å². The molecule has 20 heavy (non-hydrogen) atoms. The van der Waals surface area contributed by atoms with Crippen molar-refractivity contribution in [2.45, 2.75) is 20.5 Å². The first-order chi connectivity index (χ1) is 9.49. The van der Waals surface area contributed by atoms with Crippen LogP contribution in [0.25, 0.3) is 0 Å². The third kappa shape index (κ3) is 3.11. The van der Waals surface area contributed by atoms with Crippen molar-refractivity contribution in [3.63, 3.8) is 0 Å². The van der Waals surface area contributed by atoms with Crippen molar-refractivity contribution in [3.8, 4) is 5.75 Å². The summed E-state index contributed by atoms with van der Waals surface area (Å²) in [6.45, 7) is 4.12. The van der Waals surface area contributed by atoms with E-state index in [-0.39, 0.29) is 12.2 Å². The van der Waals surface area contributed by atoms with Crippen LogP contribution in [0.1, 0.15) is 27.0 Å². The molecule has 0 aliphatic rings. The number of halogens is 1. The first kappa shape index (κ1) is 14.4. The van der Waals surface area contributed by atoms with Crippen LogP contribution in [0.3, 0.4) is 0 Å². The van der Waals surface area contributed by atoms with Gasteiger partial charge in [0.25, 0.3) is 0 Å². The van der Waals surface area contributed by atoms with Crippen molar-refractivity contribution in [2.24, 2.45) is 0 Å². The Labute approximate surface area is 122 Å². The Morgan fingerprint density at radius 2 is 1.85 bits per heavy atom. The van der Waals surface area contributed by atoms with E-state index in [4.69, 9.17) is 21.4 Å². The van der Waals surface area contributed by atoms with Crippen LogP contribution in [-0.2, 0) is 6.61 Å². The number of benzene rings is 2. The minimum absolute atomic E-state index is 0.171. The monoisotopic (exact) mass is 290 g/mol. The largest absolute Gasteiger partial charge is 0.487 e. The van der Waals surface area contributed by atoms with Crippen LogP contribution in [0.2, 0.25) is 5.02 Å². The number of rotatable bonds is 4. The lowest BCUT2D eigenvalue weighted by Gasteiger charge is -2.12. The number of carboxylic acids is 1. The molecule has 2 aromatic carbocycles. The molecule has 104 valence electrons. The maximum Gasteiger partial charge on any atom is 0.336 e. The molecule has 0 amide bonds. The average molecular weight is 291 g/mol. The number of ether oxygens (including phenoxy) is 1. The lowest BCUT2D eigenvalue weighted by atomic mass is 10.1. The minimum atomic E-state index is -0.963. The molecular formula is C16H15ClO3. The molecule has 3 nitrogen and oxygen atoms in total. The maximum atomic E-state index is 11.1. The van der Waals surface area contributed by atoms with Crippen LogP contribution in [0.15, 0.2) is 36.4 Å². The average Bonchev–Trinajstić information content (AvgIpc) is 2.41. The molecule has 0 atom stereocenters. The summed E-state index contributed by atoms with van der Waals surface area (Å²) in [5, 5.41) is 9.64. The maximum absolute atomic E-state index is 11.1. The Hall–Kier alpha value is -2.00. The van der Waals surface area contributed by atoms with Crippen LogP contribution in [0.5, 0.6) is 5.75 Å². The number of carbonyl (C=O) groups is 1. The normalized spacial score (nSPS) is 10.3. The van der Waals surface area contributed by atoms with Gasteiger partial charge in [0.05, 0.1) is 10.6 Å². The van der Waals surface area contributed by atoms with E-state index < -0.39 is 5.97 Å². The van der Waals surface area contributed by atoms with Crippen LogP contribution >= 0.6 is 11.6 Å². The highest BCUT2D eigenvalue weighted by Gasteiger charge is 2.11. The number of aromatic carboxylic acids is 1. The summed E-state index contributed by atoms with van der Waals surface area (Å²) in [5.41, 5.74) is 3.03. The molecule has 0 fully saturated rings. The van der Waals surface area contributed by atoms with Crippen molar-refractivity contribution in [1.82, 2.24) is 0 Å². The predicted molar refractivity (Wildman–Crippen MR) is 78.7 cm³/mol. The third-order valence-electron chi connectivity index (χ3n) is 3.18. The molecule has 2 aromatic rings. The highest BCUT2D eigenvalue weighted by molar-refractivity contribution is 6.32. The zero-order chi connectivity index (χ0) is 14.7. The van der Waals surface area contributed by atoms with Gasteiger partial charge in [0.1, 0.15) is 12.4 Å². The van der Waals surface area contributed by atoms with E-state index in [0.717, 1.165) is 11.1 Å². The molecule has 0 unspecified atom stereocenters. The number of hydrogen-bond acceptors (Lipinski definition) is 2. The Morgan fingerprint density at radius 1 is 1.20 bits per heavy atom. The molecule has 0 heterocycles. The lowest BCUT2D eigenvalue weighted by Crippen LogP contribution is -2.05. The van der Waals surface area contributed by atoms with Gasteiger partial charge in [-0.3, -0.25) is 0 Å². The van der Waals surface area contributed by atoms with Gasteiger partial charge in [-0.15, -0.1) is 0 Å². The van der Waals surface area contributed by atoms with Gasteiger partial charge in [-0.05, 0) is 43.2 Å². The van der Waals surface area contributed by atoms with E-state index in [0.29, 0.717) is 16.3 Å². The van der Waals surface area contributed by atoms with Gasteiger partial charge in [-0.2, -0.15) is 0 Å². The summed E-state index contributed by atoms with van der Waals surface area (Å²) in [6, 6.07) is 10.5. The van der Waals surface area contributed by atoms with Gasteiger partial charge in [0, 0.05) is 5.56 Å². The zero-order valence-corrected chi connectivity index (χ0v) is 12.1. The smallest absolute Gasteiger partial charge is 0.336 e. The third-order valence-corrected chi connectivity index (χ3v) is 3.47. The van der Waals surface area contributed by atoms with E-state index in [1.54, 1.807) is 24.3 Å². The lowest BCUT2D eigenvalue weighted by molar-refractivity contribution is 0.0694. The SMILES string of the molecule is Cc1cc(Cl)c(OCc2ccccc2C(=O)O)cc1C. The fourth-order valence-electron chi connectivity index (χ4n) is 1.88. The summed E-state index contributed by atoms with van der Waals surface area (Å²) in [6.07, 6.45) is 0. The van der Waals surface area contributed by atoms with E-state index >= 15 is 0 Å². The van der Waals surface area contributed by atoms with Gasteiger partial charge >= 0.3 is 5.97 Å². The Balaban J connectivity index is 2.21.